The summed E-state index contributed by atoms with van der Waals surface area (Å²) < 4.78 is 5.53. The van der Waals surface area contributed by atoms with Gasteiger partial charge in [0.25, 0.3) is 5.91 Å². The molecule has 7 nitrogen and oxygen atoms in total. The standard InChI is InChI=1S/C35H45N3O4/c1-9-21-38(33(40)28(22-27-19-11-10-12-20-27)36-34(41)42-35(6,7)8)31(29-23(2)15-13-16-24(29)3)32(39)37-30-25(4)17-14-18-26(30)5/h10-20,28,31H,9,21-22H2,1-8H3,(H,36,41)(H,37,39). The van der Waals surface area contributed by atoms with Gasteiger partial charge in [-0.3, -0.25) is 9.59 Å². The molecule has 7 heteroatoms. The van der Waals surface area contributed by atoms with Crippen LogP contribution >= 0.6 is 0 Å². The molecule has 3 amide bonds. The normalized spacial score (nSPS) is 12.7. The van der Waals surface area contributed by atoms with Crippen LogP contribution in [-0.4, -0.2) is 41.0 Å². The van der Waals surface area contributed by atoms with E-state index in [9.17, 15) is 14.4 Å². The summed E-state index contributed by atoms with van der Waals surface area (Å²) in [5, 5.41) is 5.96. The van der Waals surface area contributed by atoms with Crippen molar-refractivity contribution in [2.75, 3.05) is 11.9 Å². The van der Waals surface area contributed by atoms with Gasteiger partial charge in [0.15, 0.2) is 0 Å². The number of nitrogens with zero attached hydrogens (tertiary/aromatic N) is 1. The van der Waals surface area contributed by atoms with Crippen LogP contribution in [0.25, 0.3) is 0 Å². The van der Waals surface area contributed by atoms with E-state index in [1.807, 2.05) is 101 Å². The zero-order valence-corrected chi connectivity index (χ0v) is 26.2. The van der Waals surface area contributed by atoms with Gasteiger partial charge < -0.3 is 20.3 Å². The van der Waals surface area contributed by atoms with Crippen LogP contribution in [0.15, 0.2) is 66.7 Å². The Morgan fingerprint density at radius 2 is 1.36 bits per heavy atom. The summed E-state index contributed by atoms with van der Waals surface area (Å²) in [6.07, 6.45) is 0.183. The molecule has 3 aromatic carbocycles. The molecule has 3 aromatic rings. The highest BCUT2D eigenvalue weighted by Gasteiger charge is 2.37. The number of rotatable bonds is 10. The highest BCUT2D eigenvalue weighted by Crippen LogP contribution is 2.31. The summed E-state index contributed by atoms with van der Waals surface area (Å²) in [6, 6.07) is 19.4. The molecule has 0 saturated carbocycles. The SMILES string of the molecule is CCCN(C(=O)C(Cc1ccccc1)NC(=O)OC(C)(C)C)C(C(=O)Nc1c(C)cccc1C)c1c(C)cccc1C. The first kappa shape index (κ1) is 32.4. The van der Waals surface area contributed by atoms with Crippen molar-refractivity contribution in [1.29, 1.82) is 0 Å². The molecule has 0 aliphatic heterocycles. The summed E-state index contributed by atoms with van der Waals surface area (Å²) in [5.41, 5.74) is 5.34. The molecule has 0 heterocycles. The summed E-state index contributed by atoms with van der Waals surface area (Å²) in [5.74, 6) is -0.654. The maximum atomic E-state index is 14.5. The number of ether oxygens (including phenoxy) is 1. The van der Waals surface area contributed by atoms with Gasteiger partial charge in [-0.2, -0.15) is 0 Å². The summed E-state index contributed by atoms with van der Waals surface area (Å²) in [6.45, 7) is 15.4. The third kappa shape index (κ3) is 8.44. The van der Waals surface area contributed by atoms with Gasteiger partial charge in [0.1, 0.15) is 17.7 Å². The van der Waals surface area contributed by atoms with Crippen molar-refractivity contribution in [3.63, 3.8) is 0 Å². The number of amides is 3. The molecular weight excluding hydrogens is 526 g/mol. The monoisotopic (exact) mass is 571 g/mol. The lowest BCUT2D eigenvalue weighted by atomic mass is 9.92. The second-order valence-electron chi connectivity index (χ2n) is 11.9. The number of para-hydroxylation sites is 1. The number of anilines is 1. The summed E-state index contributed by atoms with van der Waals surface area (Å²) in [4.78, 5) is 43.4. The van der Waals surface area contributed by atoms with E-state index in [0.717, 1.165) is 39.1 Å². The molecule has 0 aromatic heterocycles. The van der Waals surface area contributed by atoms with E-state index in [2.05, 4.69) is 10.6 Å². The molecule has 2 atom stereocenters. The minimum absolute atomic E-state index is 0.247. The van der Waals surface area contributed by atoms with Crippen LogP contribution in [0.3, 0.4) is 0 Å². The predicted molar refractivity (Wildman–Crippen MR) is 169 cm³/mol. The Bertz CT molecular complexity index is 1350. The van der Waals surface area contributed by atoms with E-state index in [-0.39, 0.29) is 18.2 Å². The number of hydrogen-bond acceptors (Lipinski definition) is 4. The molecule has 0 saturated heterocycles. The van der Waals surface area contributed by atoms with E-state index in [0.29, 0.717) is 13.0 Å². The third-order valence-electron chi connectivity index (χ3n) is 7.12. The van der Waals surface area contributed by atoms with Crippen LogP contribution in [0.2, 0.25) is 0 Å². The fourth-order valence-corrected chi connectivity index (χ4v) is 5.20. The summed E-state index contributed by atoms with van der Waals surface area (Å²) >= 11 is 0. The zero-order chi connectivity index (χ0) is 31.0. The number of aryl methyl sites for hydroxylation is 4. The Morgan fingerprint density at radius 3 is 1.88 bits per heavy atom. The van der Waals surface area contributed by atoms with Crippen LogP contribution in [0.1, 0.15) is 73.5 Å². The molecule has 0 fully saturated rings. The van der Waals surface area contributed by atoms with Gasteiger partial charge >= 0.3 is 6.09 Å². The highest BCUT2D eigenvalue weighted by molar-refractivity contribution is 6.00. The molecule has 224 valence electrons. The van der Waals surface area contributed by atoms with Crippen molar-refractivity contribution in [2.24, 2.45) is 0 Å². The molecule has 42 heavy (non-hydrogen) atoms. The number of benzene rings is 3. The number of carbonyl (C=O) groups is 3. The van der Waals surface area contributed by atoms with E-state index in [1.165, 1.54) is 0 Å². The quantitative estimate of drug-likeness (QED) is 0.275. The first-order valence-corrected chi connectivity index (χ1v) is 14.6. The van der Waals surface area contributed by atoms with Crippen LogP contribution in [-0.2, 0) is 20.7 Å². The van der Waals surface area contributed by atoms with Gasteiger partial charge in [-0.25, -0.2) is 4.79 Å². The highest BCUT2D eigenvalue weighted by atomic mass is 16.6. The largest absolute Gasteiger partial charge is 0.444 e. The topological polar surface area (TPSA) is 87.7 Å². The molecule has 2 N–H and O–H groups in total. The fraction of sp³-hybridized carbons (Fsp3) is 0.400. The second-order valence-corrected chi connectivity index (χ2v) is 11.9. The molecule has 0 spiro atoms. The molecule has 3 rings (SSSR count). The van der Waals surface area contributed by atoms with Gasteiger partial charge in [0.2, 0.25) is 5.91 Å². The maximum absolute atomic E-state index is 14.5. The van der Waals surface area contributed by atoms with Crippen molar-refractivity contribution >= 4 is 23.6 Å². The van der Waals surface area contributed by atoms with Crippen molar-refractivity contribution in [3.8, 4) is 0 Å². The zero-order valence-electron chi connectivity index (χ0n) is 26.2. The van der Waals surface area contributed by atoms with Crippen molar-refractivity contribution in [2.45, 2.75) is 85.9 Å². The lowest BCUT2D eigenvalue weighted by molar-refractivity contribution is -0.140. The van der Waals surface area contributed by atoms with Crippen LogP contribution < -0.4 is 10.6 Å². The number of nitrogens with one attached hydrogen (secondary N) is 2. The van der Waals surface area contributed by atoms with Gasteiger partial charge in [0.05, 0.1) is 0 Å². The minimum atomic E-state index is -0.950. The average Bonchev–Trinajstić information content (AvgIpc) is 2.91. The average molecular weight is 572 g/mol. The van der Waals surface area contributed by atoms with Crippen LogP contribution in [0.4, 0.5) is 10.5 Å². The smallest absolute Gasteiger partial charge is 0.408 e. The summed E-state index contributed by atoms with van der Waals surface area (Å²) in [7, 11) is 0. The Morgan fingerprint density at radius 1 is 0.810 bits per heavy atom. The second kappa shape index (κ2) is 14.2. The molecule has 0 aliphatic rings. The Kier molecular flexibility index (Phi) is 10.9. The fourth-order valence-electron chi connectivity index (χ4n) is 5.20. The molecule has 2 unspecified atom stereocenters. The number of carbonyl (C=O) groups excluding carboxylic acids is 3. The van der Waals surface area contributed by atoms with E-state index < -0.39 is 23.8 Å². The lowest BCUT2D eigenvalue weighted by Gasteiger charge is -2.36. The van der Waals surface area contributed by atoms with Crippen molar-refractivity contribution in [1.82, 2.24) is 10.2 Å². The van der Waals surface area contributed by atoms with Crippen molar-refractivity contribution in [3.05, 3.63) is 100 Å². The Balaban J connectivity index is 2.11. The maximum Gasteiger partial charge on any atom is 0.408 e. The molecule has 0 bridgehead atoms. The molecule has 0 radical (unpaired) electrons. The third-order valence-corrected chi connectivity index (χ3v) is 7.12. The first-order chi connectivity index (χ1) is 19.8. The van der Waals surface area contributed by atoms with Gasteiger partial charge in [-0.15, -0.1) is 0 Å². The Labute approximate surface area is 250 Å². The number of hydrogen-bond donors (Lipinski definition) is 2. The van der Waals surface area contributed by atoms with E-state index >= 15 is 0 Å². The van der Waals surface area contributed by atoms with Crippen molar-refractivity contribution < 1.29 is 19.1 Å². The Hall–Kier alpha value is -4.13. The van der Waals surface area contributed by atoms with E-state index in [1.54, 1.807) is 25.7 Å². The first-order valence-electron chi connectivity index (χ1n) is 14.6. The van der Waals surface area contributed by atoms with Crippen LogP contribution in [0.5, 0.6) is 0 Å². The van der Waals surface area contributed by atoms with Crippen LogP contribution in [0, 0.1) is 27.7 Å². The minimum Gasteiger partial charge on any atom is -0.444 e. The lowest BCUT2D eigenvalue weighted by Crippen LogP contribution is -2.53. The molecule has 0 aliphatic carbocycles. The van der Waals surface area contributed by atoms with Gasteiger partial charge in [-0.05, 0) is 88.3 Å². The van der Waals surface area contributed by atoms with Gasteiger partial charge in [0, 0.05) is 18.7 Å². The van der Waals surface area contributed by atoms with E-state index in [4.69, 9.17) is 4.74 Å². The number of alkyl carbamates (subject to hydrolysis) is 1. The predicted octanol–water partition coefficient (Wildman–Crippen LogP) is 6.97. The van der Waals surface area contributed by atoms with Gasteiger partial charge in [-0.1, -0.05) is 73.7 Å². The molecular formula is C35H45N3O4.